The fraction of sp³-hybridized carbons (Fsp3) is 0.192. The van der Waals surface area contributed by atoms with E-state index in [1.54, 1.807) is 44.6 Å². The summed E-state index contributed by atoms with van der Waals surface area (Å²) in [5.74, 6) is 2.62. The molecule has 0 unspecified atom stereocenters. The number of rotatable bonds is 5. The van der Waals surface area contributed by atoms with Crippen LogP contribution in [0.15, 0.2) is 60.4 Å². The Bertz CT molecular complexity index is 1250. The Morgan fingerprint density at radius 3 is 2.64 bits per heavy atom. The number of fused-ring (bicyclic) bond motifs is 3. The summed E-state index contributed by atoms with van der Waals surface area (Å²) < 4.78 is 22.8. The van der Waals surface area contributed by atoms with E-state index in [4.69, 9.17) is 30.5 Å². The molecule has 2 aliphatic heterocycles. The quantitative estimate of drug-likeness (QED) is 0.477. The van der Waals surface area contributed by atoms with Crippen LogP contribution in [0.1, 0.15) is 27.0 Å². The summed E-state index contributed by atoms with van der Waals surface area (Å²) in [6, 6.07) is 16.7. The summed E-state index contributed by atoms with van der Waals surface area (Å²) >= 11 is 6.00. The minimum atomic E-state index is -0.174. The Morgan fingerprint density at radius 2 is 1.88 bits per heavy atom. The molecule has 33 heavy (non-hydrogen) atoms. The van der Waals surface area contributed by atoms with Crippen molar-refractivity contribution >= 4 is 23.5 Å². The van der Waals surface area contributed by atoms with Crippen LogP contribution in [0, 0.1) is 0 Å². The van der Waals surface area contributed by atoms with Crippen LogP contribution in [0.5, 0.6) is 23.0 Å². The number of hydrogen-bond donors (Lipinski definition) is 0. The summed E-state index contributed by atoms with van der Waals surface area (Å²) in [6.45, 7) is 1.74. The third kappa shape index (κ3) is 4.15. The maximum absolute atomic E-state index is 13.1. The first-order valence-electron chi connectivity index (χ1n) is 10.5. The highest BCUT2D eigenvalue weighted by atomic mass is 35.5. The number of ketones is 1. The lowest BCUT2D eigenvalue weighted by atomic mass is 10.0. The Hall–Kier alpha value is -3.48. The zero-order valence-electron chi connectivity index (χ0n) is 18.3. The van der Waals surface area contributed by atoms with E-state index in [9.17, 15) is 4.79 Å². The number of carbonyl (C=O) groups excluding carboxylic acids is 1. The van der Waals surface area contributed by atoms with Crippen molar-refractivity contribution in [3.8, 4) is 23.0 Å². The van der Waals surface area contributed by atoms with Crippen LogP contribution >= 0.6 is 11.6 Å². The lowest BCUT2D eigenvalue weighted by molar-refractivity contribution is 0.0873. The van der Waals surface area contributed by atoms with Crippen molar-refractivity contribution in [1.82, 2.24) is 4.90 Å². The van der Waals surface area contributed by atoms with Crippen LogP contribution in [-0.4, -0.2) is 31.6 Å². The first-order chi connectivity index (χ1) is 16.1. The molecule has 0 aliphatic carbocycles. The molecule has 2 heterocycles. The van der Waals surface area contributed by atoms with E-state index in [1.807, 2.05) is 30.3 Å². The maximum atomic E-state index is 13.1. The molecule has 0 amide bonds. The van der Waals surface area contributed by atoms with E-state index >= 15 is 0 Å². The van der Waals surface area contributed by atoms with Gasteiger partial charge in [0.05, 0.1) is 25.3 Å². The van der Waals surface area contributed by atoms with Crippen LogP contribution in [-0.2, 0) is 13.1 Å². The number of Topliss-reactive ketones (excluding diaryl/α,β-unsaturated/α-hetero) is 1. The molecule has 168 valence electrons. The topological polar surface area (TPSA) is 57.2 Å². The minimum absolute atomic E-state index is 0.174. The number of nitrogens with zero attached hydrogens (tertiary/aromatic N) is 1. The highest BCUT2D eigenvalue weighted by Crippen LogP contribution is 2.42. The SMILES string of the molecule is COc1ccc(OC)c(/C=C2\Oc3c(ccc4c3CN(Cc3ccc(Cl)cc3)CO4)C2=O)c1. The van der Waals surface area contributed by atoms with Crippen molar-refractivity contribution in [2.24, 2.45) is 0 Å². The lowest BCUT2D eigenvalue weighted by Crippen LogP contribution is -2.31. The Balaban J connectivity index is 1.44. The first kappa shape index (κ1) is 21.4. The van der Waals surface area contributed by atoms with E-state index in [1.165, 1.54) is 0 Å². The molecular formula is C26H22ClNO5. The van der Waals surface area contributed by atoms with Crippen LogP contribution in [0.25, 0.3) is 6.08 Å². The van der Waals surface area contributed by atoms with Crippen molar-refractivity contribution in [3.05, 3.63) is 87.6 Å². The minimum Gasteiger partial charge on any atom is -0.497 e. The molecule has 7 heteroatoms. The molecule has 0 aromatic heterocycles. The number of carbonyl (C=O) groups is 1. The van der Waals surface area contributed by atoms with Crippen molar-refractivity contribution < 1.29 is 23.7 Å². The number of hydrogen-bond acceptors (Lipinski definition) is 6. The van der Waals surface area contributed by atoms with Crippen molar-refractivity contribution in [2.75, 3.05) is 21.0 Å². The zero-order valence-corrected chi connectivity index (χ0v) is 19.0. The average molecular weight is 464 g/mol. The van der Waals surface area contributed by atoms with Crippen molar-refractivity contribution in [2.45, 2.75) is 13.1 Å². The summed E-state index contributed by atoms with van der Waals surface area (Å²) in [5, 5.41) is 0.704. The number of benzene rings is 3. The molecule has 3 aromatic carbocycles. The van der Waals surface area contributed by atoms with Gasteiger partial charge in [-0.25, -0.2) is 0 Å². The van der Waals surface area contributed by atoms with Gasteiger partial charge in [0, 0.05) is 23.7 Å². The van der Waals surface area contributed by atoms with Gasteiger partial charge in [-0.3, -0.25) is 9.69 Å². The fourth-order valence-corrected chi connectivity index (χ4v) is 4.17. The molecule has 6 nitrogen and oxygen atoms in total. The molecule has 0 bridgehead atoms. The molecule has 5 rings (SSSR count). The standard InChI is InChI=1S/C26H22ClNO5/c1-30-19-7-9-22(31-2)17(11-19)12-24-25(29)20-8-10-23-21(26(20)33-24)14-28(15-32-23)13-16-3-5-18(27)6-4-16/h3-12H,13-15H2,1-2H3/b24-12-. The molecule has 0 atom stereocenters. The predicted molar refractivity (Wildman–Crippen MR) is 125 cm³/mol. The molecule has 0 spiro atoms. The van der Waals surface area contributed by atoms with Crippen LogP contribution in [0.2, 0.25) is 5.02 Å². The Kier molecular flexibility index (Phi) is 5.70. The van der Waals surface area contributed by atoms with Gasteiger partial charge < -0.3 is 18.9 Å². The molecule has 0 radical (unpaired) electrons. The van der Waals surface area contributed by atoms with Crippen molar-refractivity contribution in [1.29, 1.82) is 0 Å². The van der Waals surface area contributed by atoms with Gasteiger partial charge in [-0.2, -0.15) is 0 Å². The number of methoxy groups -OCH3 is 2. The average Bonchev–Trinajstić information content (AvgIpc) is 3.16. The largest absolute Gasteiger partial charge is 0.497 e. The highest BCUT2D eigenvalue weighted by molar-refractivity contribution is 6.30. The van der Waals surface area contributed by atoms with Gasteiger partial charge in [0.2, 0.25) is 5.78 Å². The Morgan fingerprint density at radius 1 is 1.06 bits per heavy atom. The third-order valence-corrected chi connectivity index (χ3v) is 5.98. The summed E-state index contributed by atoms with van der Waals surface area (Å²) in [4.78, 5) is 15.3. The lowest BCUT2D eigenvalue weighted by Gasteiger charge is -2.29. The fourth-order valence-electron chi connectivity index (χ4n) is 4.05. The second-order valence-electron chi connectivity index (χ2n) is 7.85. The van der Waals surface area contributed by atoms with Gasteiger partial charge >= 0.3 is 0 Å². The predicted octanol–water partition coefficient (Wildman–Crippen LogP) is 5.33. The normalized spacial score (nSPS) is 16.1. The van der Waals surface area contributed by atoms with E-state index in [-0.39, 0.29) is 11.5 Å². The van der Waals surface area contributed by atoms with E-state index < -0.39 is 0 Å². The second kappa shape index (κ2) is 8.81. The molecule has 3 aromatic rings. The van der Waals surface area contributed by atoms with E-state index in [0.717, 1.165) is 16.9 Å². The monoisotopic (exact) mass is 463 g/mol. The molecule has 2 aliphatic rings. The molecule has 0 fully saturated rings. The summed E-state index contributed by atoms with van der Waals surface area (Å²) in [6.07, 6.45) is 1.69. The van der Waals surface area contributed by atoms with E-state index in [0.29, 0.717) is 53.2 Å². The van der Waals surface area contributed by atoms with Crippen LogP contribution in [0.3, 0.4) is 0 Å². The van der Waals surface area contributed by atoms with Gasteiger partial charge in [-0.15, -0.1) is 0 Å². The van der Waals surface area contributed by atoms with Crippen LogP contribution < -0.4 is 18.9 Å². The van der Waals surface area contributed by atoms with Crippen molar-refractivity contribution in [3.63, 3.8) is 0 Å². The van der Waals surface area contributed by atoms with Gasteiger partial charge in [0.15, 0.2) is 5.76 Å². The smallest absolute Gasteiger partial charge is 0.231 e. The zero-order chi connectivity index (χ0) is 22.9. The molecular weight excluding hydrogens is 442 g/mol. The van der Waals surface area contributed by atoms with Gasteiger partial charge in [-0.1, -0.05) is 23.7 Å². The van der Waals surface area contributed by atoms with Gasteiger partial charge in [0.25, 0.3) is 0 Å². The molecule has 0 saturated carbocycles. The Labute approximate surface area is 196 Å². The maximum Gasteiger partial charge on any atom is 0.231 e. The summed E-state index contributed by atoms with van der Waals surface area (Å²) in [5.41, 5.74) is 3.21. The first-order valence-corrected chi connectivity index (χ1v) is 10.9. The number of ether oxygens (including phenoxy) is 4. The number of halogens is 1. The van der Waals surface area contributed by atoms with E-state index in [2.05, 4.69) is 4.90 Å². The third-order valence-electron chi connectivity index (χ3n) is 5.73. The second-order valence-corrected chi connectivity index (χ2v) is 8.29. The van der Waals surface area contributed by atoms with Crippen LogP contribution in [0.4, 0.5) is 0 Å². The molecule has 0 N–H and O–H groups in total. The molecule has 0 saturated heterocycles. The summed E-state index contributed by atoms with van der Waals surface area (Å²) in [7, 11) is 3.17. The highest BCUT2D eigenvalue weighted by Gasteiger charge is 2.33. The van der Waals surface area contributed by atoms with Gasteiger partial charge in [-0.05, 0) is 54.1 Å². The number of allylic oxidation sites excluding steroid dienone is 1. The van der Waals surface area contributed by atoms with Gasteiger partial charge in [0.1, 0.15) is 29.7 Å².